The van der Waals surface area contributed by atoms with Gasteiger partial charge in [-0.3, -0.25) is 4.79 Å². The van der Waals surface area contributed by atoms with Crippen LogP contribution in [0.5, 0.6) is 0 Å². The van der Waals surface area contributed by atoms with Gasteiger partial charge >= 0.3 is 0 Å². The van der Waals surface area contributed by atoms with E-state index >= 15 is 0 Å². The predicted molar refractivity (Wildman–Crippen MR) is 58.0 cm³/mol. The molecule has 0 aliphatic heterocycles. The third-order valence-corrected chi connectivity index (χ3v) is 2.35. The number of benzene rings is 1. The zero-order valence-electron chi connectivity index (χ0n) is 9.00. The zero-order chi connectivity index (χ0) is 10.6. The van der Waals surface area contributed by atoms with Crippen molar-refractivity contribution in [1.82, 2.24) is 5.32 Å². The number of amides is 1. The Kier molecular flexibility index (Phi) is 3.69. The van der Waals surface area contributed by atoms with Gasteiger partial charge in [0.1, 0.15) is 0 Å². The maximum absolute atomic E-state index is 11.0. The first kappa shape index (κ1) is 10.8. The van der Waals surface area contributed by atoms with Gasteiger partial charge in [0, 0.05) is 6.92 Å². The van der Waals surface area contributed by atoms with E-state index in [0.717, 1.165) is 6.42 Å². The van der Waals surface area contributed by atoms with Gasteiger partial charge in [-0.2, -0.15) is 0 Å². The Balaban J connectivity index is 2.89. The summed E-state index contributed by atoms with van der Waals surface area (Å²) in [5.74, 6) is 0.0279. The number of rotatable bonds is 3. The first-order valence-corrected chi connectivity index (χ1v) is 4.97. The normalized spacial score (nSPS) is 12.2. The topological polar surface area (TPSA) is 29.1 Å². The summed E-state index contributed by atoms with van der Waals surface area (Å²) in [6.45, 7) is 5.70. The van der Waals surface area contributed by atoms with Gasteiger partial charge in [-0.1, -0.05) is 31.2 Å². The average molecular weight is 191 g/mol. The molecule has 0 saturated carbocycles. The van der Waals surface area contributed by atoms with Crippen LogP contribution in [0.15, 0.2) is 24.3 Å². The van der Waals surface area contributed by atoms with Crippen LogP contribution in [0.25, 0.3) is 0 Å². The molecule has 1 aromatic carbocycles. The van der Waals surface area contributed by atoms with Crippen LogP contribution < -0.4 is 5.32 Å². The van der Waals surface area contributed by atoms with Gasteiger partial charge in [0.25, 0.3) is 0 Å². The first-order valence-electron chi connectivity index (χ1n) is 4.97. The highest BCUT2D eigenvalue weighted by atomic mass is 16.1. The molecule has 0 fully saturated rings. The number of hydrogen-bond donors (Lipinski definition) is 1. The molecule has 0 heterocycles. The van der Waals surface area contributed by atoms with Gasteiger partial charge in [0.2, 0.25) is 5.91 Å². The van der Waals surface area contributed by atoms with Crippen molar-refractivity contribution in [2.75, 3.05) is 0 Å². The summed E-state index contributed by atoms with van der Waals surface area (Å²) < 4.78 is 0. The molecule has 0 bridgehead atoms. The first-order chi connectivity index (χ1) is 6.65. The van der Waals surface area contributed by atoms with Crippen molar-refractivity contribution in [2.24, 2.45) is 0 Å². The van der Waals surface area contributed by atoms with Gasteiger partial charge < -0.3 is 5.32 Å². The lowest BCUT2D eigenvalue weighted by atomic mass is 9.99. The van der Waals surface area contributed by atoms with E-state index in [4.69, 9.17) is 0 Å². The molecular weight excluding hydrogens is 174 g/mol. The highest BCUT2D eigenvalue weighted by Gasteiger charge is 2.11. The molecule has 2 nitrogen and oxygen atoms in total. The Morgan fingerprint density at radius 1 is 1.43 bits per heavy atom. The van der Waals surface area contributed by atoms with Gasteiger partial charge in [0.15, 0.2) is 0 Å². The Morgan fingerprint density at radius 3 is 2.57 bits per heavy atom. The summed E-state index contributed by atoms with van der Waals surface area (Å²) in [5, 5.41) is 2.95. The minimum atomic E-state index is 0.0279. The molecule has 76 valence electrons. The largest absolute Gasteiger partial charge is 0.350 e. The fourth-order valence-electron chi connectivity index (χ4n) is 1.62. The molecule has 0 radical (unpaired) electrons. The van der Waals surface area contributed by atoms with Crippen LogP contribution in [-0.2, 0) is 4.79 Å². The molecule has 0 spiro atoms. The number of nitrogens with one attached hydrogen (secondary N) is 1. The quantitative estimate of drug-likeness (QED) is 0.781. The van der Waals surface area contributed by atoms with Gasteiger partial charge in [-0.15, -0.1) is 0 Å². The van der Waals surface area contributed by atoms with E-state index in [1.165, 1.54) is 11.1 Å². The van der Waals surface area contributed by atoms with Gasteiger partial charge in [-0.05, 0) is 24.5 Å². The molecule has 0 aromatic heterocycles. The lowest BCUT2D eigenvalue weighted by Crippen LogP contribution is -2.25. The monoisotopic (exact) mass is 191 g/mol. The van der Waals surface area contributed by atoms with E-state index in [2.05, 4.69) is 31.3 Å². The molecule has 0 saturated heterocycles. The maximum atomic E-state index is 11.0. The zero-order valence-corrected chi connectivity index (χ0v) is 9.00. The van der Waals surface area contributed by atoms with Crippen molar-refractivity contribution < 1.29 is 4.79 Å². The Labute approximate surface area is 85.3 Å². The Hall–Kier alpha value is -1.31. The maximum Gasteiger partial charge on any atom is 0.217 e. The third-order valence-electron chi connectivity index (χ3n) is 2.35. The number of hydrogen-bond acceptors (Lipinski definition) is 1. The molecular formula is C12H17NO. The number of carbonyl (C=O) groups is 1. The van der Waals surface area contributed by atoms with Crippen LogP contribution in [-0.4, -0.2) is 5.91 Å². The van der Waals surface area contributed by atoms with E-state index in [-0.39, 0.29) is 11.9 Å². The van der Waals surface area contributed by atoms with Crippen molar-refractivity contribution >= 4 is 5.91 Å². The predicted octanol–water partition coefficient (Wildman–Crippen LogP) is 2.58. The molecule has 14 heavy (non-hydrogen) atoms. The minimum Gasteiger partial charge on any atom is -0.350 e. The SMILES string of the molecule is CCC(NC(C)=O)c1ccccc1C. The van der Waals surface area contributed by atoms with E-state index in [1.54, 1.807) is 6.92 Å². The molecule has 1 rings (SSSR count). The van der Waals surface area contributed by atoms with Crippen LogP contribution in [0.1, 0.15) is 37.4 Å². The van der Waals surface area contributed by atoms with E-state index in [1.807, 2.05) is 12.1 Å². The number of carbonyl (C=O) groups excluding carboxylic acids is 1. The molecule has 0 aliphatic rings. The standard InChI is InChI=1S/C12H17NO/c1-4-12(13-10(3)14)11-8-6-5-7-9(11)2/h5-8,12H,4H2,1-3H3,(H,13,14). The Morgan fingerprint density at radius 2 is 2.07 bits per heavy atom. The highest BCUT2D eigenvalue weighted by molar-refractivity contribution is 5.73. The second-order valence-electron chi connectivity index (χ2n) is 3.52. The second kappa shape index (κ2) is 4.80. The second-order valence-corrected chi connectivity index (χ2v) is 3.52. The lowest BCUT2D eigenvalue weighted by Gasteiger charge is -2.18. The van der Waals surface area contributed by atoms with Crippen molar-refractivity contribution in [3.63, 3.8) is 0 Å². The summed E-state index contributed by atoms with van der Waals surface area (Å²) in [6, 6.07) is 8.31. The third kappa shape index (κ3) is 2.59. The van der Waals surface area contributed by atoms with Gasteiger partial charge in [0.05, 0.1) is 6.04 Å². The van der Waals surface area contributed by atoms with Crippen molar-refractivity contribution in [2.45, 2.75) is 33.2 Å². The van der Waals surface area contributed by atoms with E-state index in [9.17, 15) is 4.79 Å². The molecule has 1 amide bonds. The summed E-state index contributed by atoms with van der Waals surface area (Å²) in [4.78, 5) is 11.0. The van der Waals surface area contributed by atoms with E-state index < -0.39 is 0 Å². The fraction of sp³-hybridized carbons (Fsp3) is 0.417. The Bertz CT molecular complexity index is 320. The summed E-state index contributed by atoms with van der Waals surface area (Å²) in [5.41, 5.74) is 2.44. The number of aryl methyl sites for hydroxylation is 1. The molecule has 2 heteroatoms. The highest BCUT2D eigenvalue weighted by Crippen LogP contribution is 2.19. The van der Waals surface area contributed by atoms with E-state index in [0.29, 0.717) is 0 Å². The molecule has 1 atom stereocenters. The fourth-order valence-corrected chi connectivity index (χ4v) is 1.62. The summed E-state index contributed by atoms with van der Waals surface area (Å²) >= 11 is 0. The molecule has 1 aromatic rings. The van der Waals surface area contributed by atoms with Crippen LogP contribution in [0, 0.1) is 6.92 Å². The molecule has 0 aliphatic carbocycles. The van der Waals surface area contributed by atoms with Crippen molar-refractivity contribution in [3.05, 3.63) is 35.4 Å². The van der Waals surface area contributed by atoms with Crippen molar-refractivity contribution in [3.8, 4) is 0 Å². The van der Waals surface area contributed by atoms with Crippen LogP contribution >= 0.6 is 0 Å². The van der Waals surface area contributed by atoms with Gasteiger partial charge in [-0.25, -0.2) is 0 Å². The minimum absolute atomic E-state index is 0.0279. The van der Waals surface area contributed by atoms with Crippen LogP contribution in [0.2, 0.25) is 0 Å². The smallest absolute Gasteiger partial charge is 0.217 e. The van der Waals surface area contributed by atoms with Crippen LogP contribution in [0.4, 0.5) is 0 Å². The lowest BCUT2D eigenvalue weighted by molar-refractivity contribution is -0.119. The summed E-state index contributed by atoms with van der Waals surface area (Å²) in [6.07, 6.45) is 0.921. The molecule has 1 unspecified atom stereocenters. The average Bonchev–Trinajstić information content (AvgIpc) is 2.15. The van der Waals surface area contributed by atoms with Crippen molar-refractivity contribution in [1.29, 1.82) is 0 Å². The van der Waals surface area contributed by atoms with Crippen LogP contribution in [0.3, 0.4) is 0 Å². The summed E-state index contributed by atoms with van der Waals surface area (Å²) in [7, 11) is 0. The molecule has 1 N–H and O–H groups in total.